The fraction of sp³-hybridized carbons (Fsp3) is 0.389. The SMILES string of the molecule is CCCn1nc2c(cc1=O)CN([C@H](C(N)=O)c1ccc(F)cc1)CC2. The Morgan fingerprint density at radius 3 is 2.72 bits per heavy atom. The third-order valence-electron chi connectivity index (χ3n) is 4.43. The first kappa shape index (κ1) is 17.3. The van der Waals surface area contributed by atoms with Crippen LogP contribution in [0.25, 0.3) is 0 Å². The molecular formula is C18H21FN4O2. The van der Waals surface area contributed by atoms with E-state index in [9.17, 15) is 14.0 Å². The van der Waals surface area contributed by atoms with Crippen LogP contribution < -0.4 is 11.3 Å². The number of amides is 1. The number of primary amides is 1. The molecule has 3 rings (SSSR count). The Morgan fingerprint density at radius 2 is 2.08 bits per heavy atom. The van der Waals surface area contributed by atoms with Gasteiger partial charge in [0.25, 0.3) is 5.56 Å². The number of hydrogen-bond acceptors (Lipinski definition) is 4. The topological polar surface area (TPSA) is 81.2 Å². The van der Waals surface area contributed by atoms with Crippen LogP contribution in [0.5, 0.6) is 0 Å². The summed E-state index contributed by atoms with van der Waals surface area (Å²) in [6.07, 6.45) is 1.47. The van der Waals surface area contributed by atoms with Gasteiger partial charge in [-0.2, -0.15) is 5.10 Å². The number of rotatable bonds is 5. The highest BCUT2D eigenvalue weighted by atomic mass is 19.1. The van der Waals surface area contributed by atoms with E-state index in [1.807, 2.05) is 11.8 Å². The van der Waals surface area contributed by atoms with Crippen molar-refractivity contribution < 1.29 is 9.18 Å². The van der Waals surface area contributed by atoms with Crippen molar-refractivity contribution in [3.05, 3.63) is 63.3 Å². The molecule has 2 N–H and O–H groups in total. The highest BCUT2D eigenvalue weighted by molar-refractivity contribution is 5.81. The summed E-state index contributed by atoms with van der Waals surface area (Å²) in [5, 5.41) is 4.44. The number of benzene rings is 1. The third-order valence-corrected chi connectivity index (χ3v) is 4.43. The molecule has 0 fully saturated rings. The van der Waals surface area contributed by atoms with E-state index in [0.717, 1.165) is 17.7 Å². The average molecular weight is 344 g/mol. The van der Waals surface area contributed by atoms with Crippen LogP contribution in [0.2, 0.25) is 0 Å². The number of fused-ring (bicyclic) bond motifs is 1. The molecule has 1 amide bonds. The molecule has 132 valence electrons. The van der Waals surface area contributed by atoms with Gasteiger partial charge in [0.1, 0.15) is 11.9 Å². The van der Waals surface area contributed by atoms with Crippen LogP contribution in [-0.4, -0.2) is 27.1 Å². The number of hydrogen-bond donors (Lipinski definition) is 1. The highest BCUT2D eigenvalue weighted by Crippen LogP contribution is 2.26. The number of nitrogens with two attached hydrogens (primary N) is 1. The van der Waals surface area contributed by atoms with Gasteiger partial charge in [-0.15, -0.1) is 0 Å². The summed E-state index contributed by atoms with van der Waals surface area (Å²) in [6.45, 7) is 3.59. The van der Waals surface area contributed by atoms with Gasteiger partial charge < -0.3 is 5.73 Å². The highest BCUT2D eigenvalue weighted by Gasteiger charge is 2.29. The number of aryl methyl sites for hydroxylation is 1. The summed E-state index contributed by atoms with van der Waals surface area (Å²) in [7, 11) is 0. The second-order valence-electron chi connectivity index (χ2n) is 6.25. The summed E-state index contributed by atoms with van der Waals surface area (Å²) < 4.78 is 14.6. The van der Waals surface area contributed by atoms with E-state index >= 15 is 0 Å². The Kier molecular flexibility index (Phi) is 4.94. The first-order chi connectivity index (χ1) is 12.0. The Bertz CT molecular complexity index is 832. The van der Waals surface area contributed by atoms with E-state index in [4.69, 9.17) is 5.73 Å². The summed E-state index contributed by atoms with van der Waals surface area (Å²) in [5.41, 5.74) is 7.80. The average Bonchev–Trinajstić information content (AvgIpc) is 2.57. The van der Waals surface area contributed by atoms with Crippen LogP contribution in [0.15, 0.2) is 35.1 Å². The van der Waals surface area contributed by atoms with Gasteiger partial charge in [0.15, 0.2) is 0 Å². The van der Waals surface area contributed by atoms with E-state index < -0.39 is 11.9 Å². The molecule has 7 heteroatoms. The zero-order valence-corrected chi connectivity index (χ0v) is 14.1. The molecule has 0 spiro atoms. The van der Waals surface area contributed by atoms with Crippen LogP contribution in [0, 0.1) is 5.82 Å². The van der Waals surface area contributed by atoms with Crippen molar-refractivity contribution in [2.24, 2.45) is 5.73 Å². The van der Waals surface area contributed by atoms with Crippen molar-refractivity contribution in [3.63, 3.8) is 0 Å². The molecule has 1 atom stereocenters. The van der Waals surface area contributed by atoms with E-state index in [0.29, 0.717) is 31.6 Å². The van der Waals surface area contributed by atoms with E-state index in [2.05, 4.69) is 5.10 Å². The van der Waals surface area contributed by atoms with Crippen LogP contribution >= 0.6 is 0 Å². The number of halogens is 1. The summed E-state index contributed by atoms with van der Waals surface area (Å²) in [5.74, 6) is -0.862. The molecule has 2 aromatic rings. The number of carbonyl (C=O) groups excluding carboxylic acids is 1. The third kappa shape index (κ3) is 3.61. The standard InChI is InChI=1S/C18H21FN4O2/c1-2-8-23-16(24)10-13-11-22(9-7-15(13)21-23)17(18(20)25)12-3-5-14(19)6-4-12/h3-6,10,17H,2,7-9,11H2,1H3,(H2,20,25)/t17-/m0/s1. The van der Waals surface area contributed by atoms with Gasteiger partial charge in [-0.3, -0.25) is 14.5 Å². The maximum Gasteiger partial charge on any atom is 0.267 e. The van der Waals surface area contributed by atoms with Crippen molar-refractivity contribution in [2.75, 3.05) is 6.54 Å². The molecule has 25 heavy (non-hydrogen) atoms. The molecule has 0 unspecified atom stereocenters. The summed E-state index contributed by atoms with van der Waals surface area (Å²) in [6, 6.07) is 6.69. The first-order valence-corrected chi connectivity index (χ1v) is 8.38. The van der Waals surface area contributed by atoms with E-state index in [1.165, 1.54) is 16.8 Å². The smallest absolute Gasteiger partial charge is 0.267 e. The van der Waals surface area contributed by atoms with E-state index in [-0.39, 0.29) is 11.4 Å². The Balaban J connectivity index is 1.89. The number of carbonyl (C=O) groups is 1. The van der Waals surface area contributed by atoms with Crippen molar-refractivity contribution in [1.82, 2.24) is 14.7 Å². The minimum Gasteiger partial charge on any atom is -0.368 e. The van der Waals surface area contributed by atoms with Crippen LogP contribution in [0.4, 0.5) is 4.39 Å². The normalized spacial score (nSPS) is 15.6. The van der Waals surface area contributed by atoms with Crippen molar-refractivity contribution in [1.29, 1.82) is 0 Å². The van der Waals surface area contributed by atoms with Crippen molar-refractivity contribution in [2.45, 2.75) is 38.9 Å². The lowest BCUT2D eigenvalue weighted by atomic mass is 9.99. The predicted molar refractivity (Wildman–Crippen MR) is 91.2 cm³/mol. The second kappa shape index (κ2) is 7.14. The molecule has 0 radical (unpaired) electrons. The lowest BCUT2D eigenvalue weighted by molar-refractivity contribution is -0.123. The van der Waals surface area contributed by atoms with Crippen LogP contribution in [0.3, 0.4) is 0 Å². The van der Waals surface area contributed by atoms with Gasteiger partial charge in [0.05, 0.1) is 5.69 Å². The number of aromatic nitrogens is 2. The molecule has 0 bridgehead atoms. The fourth-order valence-electron chi connectivity index (χ4n) is 3.25. The molecule has 1 aromatic heterocycles. The molecule has 1 aliphatic rings. The lowest BCUT2D eigenvalue weighted by Gasteiger charge is -2.33. The van der Waals surface area contributed by atoms with Crippen molar-refractivity contribution >= 4 is 5.91 Å². The minimum absolute atomic E-state index is 0.139. The minimum atomic E-state index is -0.660. The zero-order valence-electron chi connectivity index (χ0n) is 14.1. The van der Waals surface area contributed by atoms with Crippen LogP contribution in [-0.2, 0) is 24.3 Å². The van der Waals surface area contributed by atoms with Gasteiger partial charge >= 0.3 is 0 Å². The van der Waals surface area contributed by atoms with Crippen molar-refractivity contribution in [3.8, 4) is 0 Å². The maximum absolute atomic E-state index is 13.2. The molecule has 6 nitrogen and oxygen atoms in total. The number of nitrogens with zero attached hydrogens (tertiary/aromatic N) is 3. The van der Waals surface area contributed by atoms with Gasteiger partial charge in [-0.1, -0.05) is 19.1 Å². The predicted octanol–water partition coefficient (Wildman–Crippen LogP) is 1.38. The van der Waals surface area contributed by atoms with E-state index in [1.54, 1.807) is 18.2 Å². The fourth-order valence-corrected chi connectivity index (χ4v) is 3.25. The maximum atomic E-state index is 13.2. The molecule has 0 saturated carbocycles. The van der Waals surface area contributed by atoms with Gasteiger partial charge in [-0.05, 0) is 29.7 Å². The van der Waals surface area contributed by atoms with Crippen LogP contribution in [0.1, 0.15) is 36.2 Å². The van der Waals surface area contributed by atoms with Gasteiger partial charge in [0.2, 0.25) is 5.91 Å². The first-order valence-electron chi connectivity index (χ1n) is 8.38. The second-order valence-corrected chi connectivity index (χ2v) is 6.25. The molecule has 2 heterocycles. The lowest BCUT2D eigenvalue weighted by Crippen LogP contribution is -2.42. The monoisotopic (exact) mass is 344 g/mol. The largest absolute Gasteiger partial charge is 0.368 e. The quantitative estimate of drug-likeness (QED) is 0.888. The molecule has 1 aliphatic heterocycles. The zero-order chi connectivity index (χ0) is 18.0. The Hall–Kier alpha value is -2.54. The molecule has 1 aromatic carbocycles. The molecule has 0 aliphatic carbocycles. The molecule has 0 saturated heterocycles. The Labute approximate surface area is 145 Å². The Morgan fingerprint density at radius 1 is 1.36 bits per heavy atom. The van der Waals surface area contributed by atoms with Gasteiger partial charge in [0, 0.05) is 32.1 Å². The molecular weight excluding hydrogens is 323 g/mol. The van der Waals surface area contributed by atoms with Gasteiger partial charge in [-0.25, -0.2) is 9.07 Å². The summed E-state index contributed by atoms with van der Waals surface area (Å²) in [4.78, 5) is 26.1. The summed E-state index contributed by atoms with van der Waals surface area (Å²) >= 11 is 0.